The molecule has 1 aliphatic heterocycles. The van der Waals surface area contributed by atoms with Crippen LogP contribution in [0.5, 0.6) is 0 Å². The number of carboxylic acids is 1. The summed E-state index contributed by atoms with van der Waals surface area (Å²) in [4.78, 5) is 18.5. The Bertz CT molecular complexity index is 1240. The van der Waals surface area contributed by atoms with Crippen LogP contribution in [0.1, 0.15) is 18.5 Å². The van der Waals surface area contributed by atoms with Crippen LogP contribution in [0.15, 0.2) is 72.9 Å². The number of carboxylic acid groups (broad SMARTS) is 1. The third-order valence-corrected chi connectivity index (χ3v) is 6.32. The van der Waals surface area contributed by atoms with Crippen LogP contribution in [0.25, 0.3) is 28.0 Å². The van der Waals surface area contributed by atoms with Crippen molar-refractivity contribution >= 4 is 17.3 Å². The molecule has 1 fully saturated rings. The summed E-state index contributed by atoms with van der Waals surface area (Å²) in [5, 5.41) is 9.30. The van der Waals surface area contributed by atoms with E-state index < -0.39 is 5.97 Å². The van der Waals surface area contributed by atoms with Gasteiger partial charge in [-0.15, -0.1) is 0 Å². The summed E-state index contributed by atoms with van der Waals surface area (Å²) in [5.74, 6) is -0.930. The molecule has 0 aliphatic carbocycles. The first-order chi connectivity index (χ1) is 15.6. The lowest BCUT2D eigenvalue weighted by Crippen LogP contribution is -2.36. The van der Waals surface area contributed by atoms with Gasteiger partial charge in [0.05, 0.1) is 17.3 Å². The summed E-state index contributed by atoms with van der Waals surface area (Å²) >= 11 is 0. The van der Waals surface area contributed by atoms with Gasteiger partial charge in [0.15, 0.2) is 0 Å². The molecule has 0 atom stereocenters. The van der Waals surface area contributed by atoms with Gasteiger partial charge in [0.1, 0.15) is 5.65 Å². The van der Waals surface area contributed by atoms with E-state index in [1.807, 2.05) is 36.5 Å². The molecular weight excluding hydrogens is 400 g/mol. The number of pyridine rings is 1. The standard InChI is InChI=1S/C26H26N4O2/c27-22-10-11-24-28-25(20-8-6-19(7-9-20)18-4-2-1-3-5-18)23(30(24)16-22)17-29-14-12-21(13-15-29)26(31)32/h1-11,16,21H,12-15,17,27H2,(H,31,32). The zero-order valence-corrected chi connectivity index (χ0v) is 17.8. The minimum Gasteiger partial charge on any atom is -0.481 e. The average molecular weight is 427 g/mol. The van der Waals surface area contributed by atoms with Gasteiger partial charge < -0.3 is 15.2 Å². The molecule has 6 nitrogen and oxygen atoms in total. The summed E-state index contributed by atoms with van der Waals surface area (Å²) in [5.41, 5.74) is 13.1. The number of nitrogens with zero attached hydrogens (tertiary/aromatic N) is 3. The number of hydrogen-bond acceptors (Lipinski definition) is 4. The number of aliphatic carboxylic acids is 1. The van der Waals surface area contributed by atoms with E-state index in [-0.39, 0.29) is 5.92 Å². The molecule has 6 heteroatoms. The molecular formula is C26H26N4O2. The van der Waals surface area contributed by atoms with Gasteiger partial charge in [-0.05, 0) is 49.2 Å². The SMILES string of the molecule is Nc1ccc2nc(-c3ccc(-c4ccccc4)cc3)c(CN3CCC(C(=O)O)CC3)n2c1. The molecule has 3 N–H and O–H groups in total. The number of benzene rings is 2. The second kappa shape index (κ2) is 8.48. The summed E-state index contributed by atoms with van der Waals surface area (Å²) < 4.78 is 2.07. The highest BCUT2D eigenvalue weighted by Gasteiger charge is 2.26. The Labute approximate surface area is 186 Å². The van der Waals surface area contributed by atoms with E-state index in [1.54, 1.807) is 0 Å². The average Bonchev–Trinajstić information content (AvgIpc) is 3.17. The zero-order chi connectivity index (χ0) is 22.1. The summed E-state index contributed by atoms with van der Waals surface area (Å²) in [7, 11) is 0. The van der Waals surface area contributed by atoms with E-state index in [0.717, 1.165) is 35.7 Å². The second-order valence-corrected chi connectivity index (χ2v) is 8.43. The van der Waals surface area contributed by atoms with Crippen LogP contribution in [0, 0.1) is 5.92 Å². The molecule has 0 spiro atoms. The lowest BCUT2D eigenvalue weighted by molar-refractivity contribution is -0.143. The van der Waals surface area contributed by atoms with E-state index in [2.05, 4.69) is 45.7 Å². The smallest absolute Gasteiger partial charge is 0.306 e. The molecule has 4 aromatic rings. The third kappa shape index (κ3) is 3.97. The number of aromatic nitrogens is 2. The summed E-state index contributed by atoms with van der Waals surface area (Å²) in [6.07, 6.45) is 3.27. The van der Waals surface area contributed by atoms with Crippen LogP contribution in [-0.4, -0.2) is 38.4 Å². The van der Waals surface area contributed by atoms with Crippen LogP contribution in [0.3, 0.4) is 0 Å². The first-order valence-corrected chi connectivity index (χ1v) is 11.0. The first kappa shape index (κ1) is 20.3. The molecule has 1 aliphatic rings. The number of carbonyl (C=O) groups is 1. The van der Waals surface area contributed by atoms with Gasteiger partial charge in [0.25, 0.3) is 0 Å². The monoisotopic (exact) mass is 426 g/mol. The van der Waals surface area contributed by atoms with Crippen molar-refractivity contribution < 1.29 is 9.90 Å². The van der Waals surface area contributed by atoms with E-state index in [1.165, 1.54) is 11.1 Å². The molecule has 1 saturated heterocycles. The van der Waals surface area contributed by atoms with Gasteiger partial charge in [0.2, 0.25) is 0 Å². The lowest BCUT2D eigenvalue weighted by Gasteiger charge is -2.30. The van der Waals surface area contributed by atoms with Crippen LogP contribution >= 0.6 is 0 Å². The second-order valence-electron chi connectivity index (χ2n) is 8.43. The van der Waals surface area contributed by atoms with Crippen molar-refractivity contribution in [2.45, 2.75) is 19.4 Å². The predicted molar refractivity (Wildman–Crippen MR) is 126 cm³/mol. The number of anilines is 1. The number of imidazole rings is 1. The zero-order valence-electron chi connectivity index (χ0n) is 17.8. The van der Waals surface area contributed by atoms with E-state index in [0.29, 0.717) is 25.1 Å². The Morgan fingerprint density at radius 1 is 0.938 bits per heavy atom. The van der Waals surface area contributed by atoms with Gasteiger partial charge >= 0.3 is 5.97 Å². The molecule has 3 heterocycles. The topological polar surface area (TPSA) is 83.9 Å². The molecule has 0 unspecified atom stereocenters. The minimum atomic E-state index is -0.688. The number of likely N-dealkylation sites (tertiary alicyclic amines) is 1. The number of nitrogen functional groups attached to an aromatic ring is 1. The molecule has 0 saturated carbocycles. The minimum absolute atomic E-state index is 0.242. The number of fused-ring (bicyclic) bond motifs is 1. The van der Waals surface area contributed by atoms with Crippen molar-refractivity contribution in [1.29, 1.82) is 0 Å². The molecule has 5 rings (SSSR count). The Balaban J connectivity index is 1.48. The number of hydrogen-bond donors (Lipinski definition) is 2. The molecule has 2 aromatic carbocycles. The fourth-order valence-corrected chi connectivity index (χ4v) is 4.49. The van der Waals surface area contributed by atoms with Gasteiger partial charge in [-0.2, -0.15) is 0 Å². The van der Waals surface area contributed by atoms with Crippen LogP contribution in [-0.2, 0) is 11.3 Å². The van der Waals surface area contributed by atoms with Crippen molar-refractivity contribution in [2.75, 3.05) is 18.8 Å². The Hall–Kier alpha value is -3.64. The van der Waals surface area contributed by atoms with Gasteiger partial charge in [-0.3, -0.25) is 9.69 Å². The quantitative estimate of drug-likeness (QED) is 0.489. The first-order valence-electron chi connectivity index (χ1n) is 11.0. The van der Waals surface area contributed by atoms with Gasteiger partial charge in [0, 0.05) is 24.0 Å². The molecule has 162 valence electrons. The number of nitrogens with two attached hydrogens (primary N) is 1. The van der Waals surface area contributed by atoms with Crippen molar-refractivity contribution in [2.24, 2.45) is 5.92 Å². The van der Waals surface area contributed by atoms with Crippen molar-refractivity contribution in [3.05, 3.63) is 78.6 Å². The number of piperidine rings is 1. The Morgan fingerprint density at radius 2 is 1.59 bits per heavy atom. The third-order valence-electron chi connectivity index (χ3n) is 6.32. The Morgan fingerprint density at radius 3 is 2.28 bits per heavy atom. The normalized spacial score (nSPS) is 15.2. The van der Waals surface area contributed by atoms with Crippen molar-refractivity contribution in [1.82, 2.24) is 14.3 Å². The highest BCUT2D eigenvalue weighted by Crippen LogP contribution is 2.30. The van der Waals surface area contributed by atoms with E-state index in [4.69, 9.17) is 10.7 Å². The van der Waals surface area contributed by atoms with Gasteiger partial charge in [-0.1, -0.05) is 54.6 Å². The molecule has 0 radical (unpaired) electrons. The molecule has 0 amide bonds. The Kier molecular flexibility index (Phi) is 5.37. The maximum Gasteiger partial charge on any atom is 0.306 e. The maximum absolute atomic E-state index is 11.3. The van der Waals surface area contributed by atoms with Crippen LogP contribution in [0.2, 0.25) is 0 Å². The molecule has 2 aromatic heterocycles. The lowest BCUT2D eigenvalue weighted by atomic mass is 9.97. The van der Waals surface area contributed by atoms with E-state index >= 15 is 0 Å². The van der Waals surface area contributed by atoms with Crippen LogP contribution < -0.4 is 5.73 Å². The maximum atomic E-state index is 11.3. The molecule has 0 bridgehead atoms. The predicted octanol–water partition coefficient (Wildman–Crippen LogP) is 4.55. The highest BCUT2D eigenvalue weighted by atomic mass is 16.4. The number of rotatable bonds is 5. The largest absolute Gasteiger partial charge is 0.481 e. The fraction of sp³-hybridized carbons (Fsp3) is 0.231. The fourth-order valence-electron chi connectivity index (χ4n) is 4.49. The van der Waals surface area contributed by atoms with Crippen molar-refractivity contribution in [3.8, 4) is 22.4 Å². The van der Waals surface area contributed by atoms with Gasteiger partial charge in [-0.25, -0.2) is 4.98 Å². The van der Waals surface area contributed by atoms with E-state index in [9.17, 15) is 9.90 Å². The summed E-state index contributed by atoms with van der Waals surface area (Å²) in [6.45, 7) is 2.23. The highest BCUT2D eigenvalue weighted by molar-refractivity contribution is 5.72. The summed E-state index contributed by atoms with van der Waals surface area (Å²) in [6, 6.07) is 22.6. The molecule has 32 heavy (non-hydrogen) atoms. The van der Waals surface area contributed by atoms with Crippen LogP contribution in [0.4, 0.5) is 5.69 Å². The van der Waals surface area contributed by atoms with Crippen molar-refractivity contribution in [3.63, 3.8) is 0 Å².